The van der Waals surface area contributed by atoms with Gasteiger partial charge >= 0.3 is 24.1 Å². The first-order valence-electron chi connectivity index (χ1n) is 11.3. The lowest BCUT2D eigenvalue weighted by Gasteiger charge is -2.23. The molecule has 1 amide bonds. The maximum Gasteiger partial charge on any atom is 0.519 e. The number of hydrogen-bond acceptors (Lipinski definition) is 12. The molecule has 1 aliphatic rings. The second-order valence-electron chi connectivity index (χ2n) is 9.30. The molecule has 3 aromatic rings. The number of aryl methyl sites for hydroxylation is 1. The van der Waals surface area contributed by atoms with E-state index in [0.717, 1.165) is 0 Å². The SMILES string of the molecule is C#CC1(COC(=O)OCc2oc(=O)oc2C)CCC(n2cnc3c(NC(=O)OC(C)(C)C)nc(F)nc32)O1. The molecule has 1 fully saturated rings. The van der Waals surface area contributed by atoms with E-state index in [-0.39, 0.29) is 48.1 Å². The van der Waals surface area contributed by atoms with E-state index in [1.807, 2.05) is 0 Å². The fourth-order valence-corrected chi connectivity index (χ4v) is 3.62. The number of nitrogens with zero attached hydrogens (tertiary/aromatic N) is 4. The normalized spacial score (nSPS) is 19.2. The molecule has 0 bridgehead atoms. The summed E-state index contributed by atoms with van der Waals surface area (Å²) in [4.78, 5) is 46.9. The van der Waals surface area contributed by atoms with E-state index in [2.05, 4.69) is 30.6 Å². The molecule has 1 N–H and O–H groups in total. The van der Waals surface area contributed by atoms with Crippen molar-refractivity contribution in [1.29, 1.82) is 0 Å². The Hall–Kier alpha value is -4.45. The monoisotopic (exact) mass is 533 g/mol. The Morgan fingerprint density at radius 2 is 2.08 bits per heavy atom. The quantitative estimate of drug-likeness (QED) is 0.279. The zero-order valence-electron chi connectivity index (χ0n) is 20.9. The van der Waals surface area contributed by atoms with Crippen LogP contribution in [0.4, 0.5) is 19.8 Å². The van der Waals surface area contributed by atoms with Gasteiger partial charge in [-0.1, -0.05) is 5.92 Å². The molecule has 2 unspecified atom stereocenters. The van der Waals surface area contributed by atoms with Crippen LogP contribution < -0.4 is 11.1 Å². The van der Waals surface area contributed by atoms with Crippen LogP contribution in [-0.4, -0.2) is 49.6 Å². The van der Waals surface area contributed by atoms with E-state index < -0.39 is 41.6 Å². The third-order valence-corrected chi connectivity index (χ3v) is 5.32. The highest BCUT2D eigenvalue weighted by Crippen LogP contribution is 2.38. The van der Waals surface area contributed by atoms with E-state index in [9.17, 15) is 18.8 Å². The molecule has 0 radical (unpaired) electrons. The Bertz CT molecular complexity index is 1460. The zero-order valence-corrected chi connectivity index (χ0v) is 20.9. The summed E-state index contributed by atoms with van der Waals surface area (Å²) in [5, 5.41) is 2.37. The predicted molar refractivity (Wildman–Crippen MR) is 124 cm³/mol. The zero-order chi connectivity index (χ0) is 27.7. The Balaban J connectivity index is 1.43. The average molecular weight is 533 g/mol. The first-order valence-corrected chi connectivity index (χ1v) is 11.3. The molecule has 38 heavy (non-hydrogen) atoms. The number of amides is 1. The summed E-state index contributed by atoms with van der Waals surface area (Å²) in [6, 6.07) is 0. The van der Waals surface area contributed by atoms with Crippen LogP contribution in [0.5, 0.6) is 0 Å². The van der Waals surface area contributed by atoms with Crippen molar-refractivity contribution in [3.8, 4) is 12.3 Å². The number of carbonyl (C=O) groups is 2. The highest BCUT2D eigenvalue weighted by molar-refractivity contribution is 5.93. The molecule has 0 aromatic carbocycles. The Kier molecular flexibility index (Phi) is 7.09. The van der Waals surface area contributed by atoms with Crippen LogP contribution in [0.2, 0.25) is 0 Å². The number of anilines is 1. The number of fused-ring (bicyclic) bond motifs is 1. The molecule has 4 rings (SSSR count). The Labute approximate surface area is 214 Å². The van der Waals surface area contributed by atoms with Crippen LogP contribution >= 0.6 is 0 Å². The van der Waals surface area contributed by atoms with Crippen molar-refractivity contribution in [2.45, 2.75) is 64.6 Å². The number of nitrogens with one attached hydrogen (secondary N) is 1. The highest BCUT2D eigenvalue weighted by Gasteiger charge is 2.42. The van der Waals surface area contributed by atoms with Gasteiger partial charge in [0.05, 0.1) is 6.33 Å². The molecule has 202 valence electrons. The molecule has 3 aromatic heterocycles. The number of halogens is 1. The van der Waals surface area contributed by atoms with Crippen LogP contribution in [0.1, 0.15) is 51.4 Å². The maximum atomic E-state index is 14.2. The molecule has 2 atom stereocenters. The lowest BCUT2D eigenvalue weighted by molar-refractivity contribution is -0.0742. The minimum absolute atomic E-state index is 0.0394. The Morgan fingerprint density at radius 3 is 2.74 bits per heavy atom. The van der Waals surface area contributed by atoms with Crippen molar-refractivity contribution in [3.05, 3.63) is 34.5 Å². The third kappa shape index (κ3) is 5.92. The van der Waals surface area contributed by atoms with Gasteiger partial charge in [-0.25, -0.2) is 19.4 Å². The molecule has 4 heterocycles. The molecule has 0 aliphatic carbocycles. The number of imidazole rings is 1. The number of ether oxygens (including phenoxy) is 4. The lowest BCUT2D eigenvalue weighted by Crippen LogP contribution is -2.34. The number of carbonyl (C=O) groups excluding carboxylic acids is 2. The lowest BCUT2D eigenvalue weighted by atomic mass is 10.0. The van der Waals surface area contributed by atoms with Gasteiger partial charge in [-0.15, -0.1) is 6.42 Å². The number of aromatic nitrogens is 4. The third-order valence-electron chi connectivity index (χ3n) is 5.32. The van der Waals surface area contributed by atoms with Gasteiger partial charge in [-0.05, 0) is 40.5 Å². The van der Waals surface area contributed by atoms with Gasteiger partial charge in [0.25, 0.3) is 0 Å². The average Bonchev–Trinajstić information content (AvgIpc) is 3.51. The fraction of sp³-hybridized carbons (Fsp3) is 0.478. The van der Waals surface area contributed by atoms with E-state index >= 15 is 0 Å². The van der Waals surface area contributed by atoms with Gasteiger partial charge < -0.3 is 27.8 Å². The first kappa shape index (κ1) is 26.6. The van der Waals surface area contributed by atoms with E-state index in [0.29, 0.717) is 6.42 Å². The summed E-state index contributed by atoms with van der Waals surface area (Å²) in [6.07, 6.45) is 3.86. The van der Waals surface area contributed by atoms with E-state index in [1.54, 1.807) is 20.8 Å². The molecule has 15 heteroatoms. The van der Waals surface area contributed by atoms with E-state index in [4.69, 9.17) is 29.8 Å². The predicted octanol–water partition coefficient (Wildman–Crippen LogP) is 3.20. The van der Waals surface area contributed by atoms with Gasteiger partial charge in [-0.3, -0.25) is 9.88 Å². The topological polar surface area (TPSA) is 170 Å². The molecule has 1 aliphatic heterocycles. The fourth-order valence-electron chi connectivity index (χ4n) is 3.62. The Morgan fingerprint density at radius 1 is 1.32 bits per heavy atom. The largest absolute Gasteiger partial charge is 0.519 e. The molecular formula is C23H24FN5O9. The van der Waals surface area contributed by atoms with Crippen LogP contribution in [0, 0.1) is 25.3 Å². The van der Waals surface area contributed by atoms with Crippen molar-refractivity contribution in [2.24, 2.45) is 0 Å². The second-order valence-corrected chi connectivity index (χ2v) is 9.30. The summed E-state index contributed by atoms with van der Waals surface area (Å²) in [5.74, 6) is 1.59. The van der Waals surface area contributed by atoms with Crippen LogP contribution in [0.15, 0.2) is 20.0 Å². The molecular weight excluding hydrogens is 509 g/mol. The minimum atomic E-state index is -1.32. The van der Waals surface area contributed by atoms with Crippen molar-refractivity contribution in [3.63, 3.8) is 0 Å². The van der Waals surface area contributed by atoms with Crippen molar-refractivity contribution in [2.75, 3.05) is 11.9 Å². The van der Waals surface area contributed by atoms with Crippen molar-refractivity contribution < 1.29 is 41.8 Å². The molecule has 0 saturated carbocycles. The van der Waals surface area contributed by atoms with Crippen LogP contribution in [0.3, 0.4) is 0 Å². The van der Waals surface area contributed by atoms with Crippen molar-refractivity contribution in [1.82, 2.24) is 19.5 Å². The van der Waals surface area contributed by atoms with E-state index in [1.165, 1.54) is 17.8 Å². The highest BCUT2D eigenvalue weighted by atomic mass is 19.1. The standard InChI is InChI=1S/C23H24FN5O9/c1-6-23(10-34-20(31)33-9-13-12(2)35-21(32)36-13)8-7-14(37-23)29-11-25-15-16(26-18(24)28-17(15)29)27-19(30)38-22(3,4)5/h1,11,14H,7-10H2,2-5H3,(H,26,27,28,30). The van der Waals surface area contributed by atoms with Gasteiger partial charge in [0, 0.05) is 0 Å². The summed E-state index contributed by atoms with van der Waals surface area (Å²) < 4.78 is 46.3. The molecule has 1 saturated heterocycles. The van der Waals surface area contributed by atoms with Gasteiger partial charge in [0.1, 0.15) is 18.4 Å². The summed E-state index contributed by atoms with van der Waals surface area (Å²) in [7, 11) is 0. The first-order chi connectivity index (χ1) is 17.9. The number of terminal acetylenes is 1. The van der Waals surface area contributed by atoms with Gasteiger partial charge in [-0.2, -0.15) is 14.4 Å². The van der Waals surface area contributed by atoms with Gasteiger partial charge in [0.15, 0.2) is 40.7 Å². The molecule has 14 nitrogen and oxygen atoms in total. The smallest absolute Gasteiger partial charge is 0.444 e. The number of rotatable bonds is 6. The van der Waals surface area contributed by atoms with Gasteiger partial charge in [0.2, 0.25) is 0 Å². The number of hydrogen-bond donors (Lipinski definition) is 1. The van der Waals surface area contributed by atoms with Crippen LogP contribution in [0.25, 0.3) is 11.2 Å². The summed E-state index contributed by atoms with van der Waals surface area (Å²) in [6.45, 7) is 5.77. The maximum absolute atomic E-state index is 14.2. The summed E-state index contributed by atoms with van der Waals surface area (Å²) in [5.41, 5.74) is -1.97. The summed E-state index contributed by atoms with van der Waals surface area (Å²) >= 11 is 0. The minimum Gasteiger partial charge on any atom is -0.444 e. The van der Waals surface area contributed by atoms with Crippen molar-refractivity contribution >= 4 is 29.2 Å². The second kappa shape index (κ2) is 10.1. The van der Waals surface area contributed by atoms with Crippen LogP contribution in [-0.2, 0) is 25.6 Å². The molecule has 0 spiro atoms.